The lowest BCUT2D eigenvalue weighted by molar-refractivity contribution is 0.622. The van der Waals surface area contributed by atoms with Crippen LogP contribution in [0.5, 0.6) is 0 Å². The monoisotopic (exact) mass is 222 g/mol. The van der Waals surface area contributed by atoms with E-state index in [1.165, 1.54) is 12.1 Å². The standard InChI is InChI=1S/C11H11FN2S/c1-7-10(4-5-13)15-11-6-8(12)2-3-9(11)14-7/h2-3,6-7,10,14H,4H2,1H3. The second-order valence-electron chi connectivity index (χ2n) is 3.59. The first-order valence-electron chi connectivity index (χ1n) is 4.80. The van der Waals surface area contributed by atoms with Gasteiger partial charge in [-0.3, -0.25) is 0 Å². The highest BCUT2D eigenvalue weighted by atomic mass is 32.2. The molecule has 2 nitrogen and oxygen atoms in total. The van der Waals surface area contributed by atoms with Gasteiger partial charge in [0.15, 0.2) is 0 Å². The molecule has 1 aromatic rings. The number of nitriles is 1. The Hall–Kier alpha value is -1.21. The molecule has 1 aliphatic rings. The largest absolute Gasteiger partial charge is 0.381 e. The molecule has 2 unspecified atom stereocenters. The van der Waals surface area contributed by atoms with Crippen molar-refractivity contribution in [2.24, 2.45) is 0 Å². The van der Waals surface area contributed by atoms with Gasteiger partial charge in [-0.2, -0.15) is 5.26 Å². The minimum atomic E-state index is -0.228. The molecule has 0 saturated carbocycles. The van der Waals surface area contributed by atoms with Crippen LogP contribution in [0.1, 0.15) is 13.3 Å². The zero-order valence-corrected chi connectivity index (χ0v) is 9.14. The van der Waals surface area contributed by atoms with Gasteiger partial charge in [-0.15, -0.1) is 11.8 Å². The summed E-state index contributed by atoms with van der Waals surface area (Å²) in [6.07, 6.45) is 0.481. The lowest BCUT2D eigenvalue weighted by Gasteiger charge is -2.30. The first kappa shape index (κ1) is 10.3. The van der Waals surface area contributed by atoms with Gasteiger partial charge in [-0.05, 0) is 25.1 Å². The molecule has 0 aliphatic carbocycles. The van der Waals surface area contributed by atoms with Crippen LogP contribution in [0.4, 0.5) is 10.1 Å². The van der Waals surface area contributed by atoms with Gasteiger partial charge in [0.05, 0.1) is 6.07 Å². The fourth-order valence-corrected chi connectivity index (χ4v) is 2.82. The van der Waals surface area contributed by atoms with Crippen molar-refractivity contribution < 1.29 is 4.39 Å². The molecular weight excluding hydrogens is 211 g/mol. The van der Waals surface area contributed by atoms with Crippen LogP contribution in [-0.4, -0.2) is 11.3 Å². The summed E-state index contributed by atoms with van der Waals surface area (Å²) in [5, 5.41) is 12.2. The van der Waals surface area contributed by atoms with Crippen LogP contribution in [0.3, 0.4) is 0 Å². The minimum absolute atomic E-state index is 0.198. The Kier molecular flexibility index (Phi) is 2.83. The normalized spacial score (nSPS) is 23.8. The number of nitrogens with one attached hydrogen (secondary N) is 1. The van der Waals surface area contributed by atoms with Crippen molar-refractivity contribution in [1.29, 1.82) is 5.26 Å². The number of halogens is 1. The Morgan fingerprint density at radius 3 is 3.13 bits per heavy atom. The maximum atomic E-state index is 13.0. The second kappa shape index (κ2) is 4.11. The molecule has 15 heavy (non-hydrogen) atoms. The van der Waals surface area contributed by atoms with Crippen molar-refractivity contribution in [2.45, 2.75) is 29.5 Å². The predicted octanol–water partition coefficient (Wildman–Crippen LogP) is 3.01. The molecule has 4 heteroatoms. The van der Waals surface area contributed by atoms with Crippen LogP contribution in [-0.2, 0) is 0 Å². The molecule has 0 fully saturated rings. The highest BCUT2D eigenvalue weighted by Gasteiger charge is 2.25. The maximum Gasteiger partial charge on any atom is 0.124 e. The first-order valence-corrected chi connectivity index (χ1v) is 5.68. The number of benzene rings is 1. The molecule has 2 atom stereocenters. The molecule has 2 rings (SSSR count). The maximum absolute atomic E-state index is 13.0. The fraction of sp³-hybridized carbons (Fsp3) is 0.364. The Morgan fingerprint density at radius 1 is 1.60 bits per heavy atom. The van der Waals surface area contributed by atoms with E-state index in [-0.39, 0.29) is 17.1 Å². The van der Waals surface area contributed by atoms with Gasteiger partial charge >= 0.3 is 0 Å². The number of fused-ring (bicyclic) bond motifs is 1. The lowest BCUT2D eigenvalue weighted by atomic mass is 10.1. The molecule has 0 radical (unpaired) electrons. The Bertz CT molecular complexity index is 414. The van der Waals surface area contributed by atoms with Crippen LogP contribution in [0.2, 0.25) is 0 Å². The van der Waals surface area contributed by atoms with Gasteiger partial charge in [0.25, 0.3) is 0 Å². The van der Waals surface area contributed by atoms with Crippen molar-refractivity contribution in [3.63, 3.8) is 0 Å². The minimum Gasteiger partial charge on any atom is -0.381 e. The molecular formula is C11H11FN2S. The van der Waals surface area contributed by atoms with E-state index in [1.54, 1.807) is 17.8 Å². The molecule has 0 spiro atoms. The van der Waals surface area contributed by atoms with E-state index < -0.39 is 0 Å². The summed E-state index contributed by atoms with van der Waals surface area (Å²) >= 11 is 1.58. The lowest BCUT2D eigenvalue weighted by Crippen LogP contribution is -2.31. The van der Waals surface area contributed by atoms with Gasteiger partial charge in [-0.1, -0.05) is 0 Å². The number of nitrogens with zero attached hydrogens (tertiary/aromatic N) is 1. The van der Waals surface area contributed by atoms with E-state index in [1.807, 2.05) is 6.92 Å². The topological polar surface area (TPSA) is 35.8 Å². The molecule has 0 amide bonds. The number of anilines is 1. The van der Waals surface area contributed by atoms with Crippen LogP contribution >= 0.6 is 11.8 Å². The SMILES string of the molecule is CC1Nc2ccc(F)cc2SC1CC#N. The summed E-state index contributed by atoms with van der Waals surface area (Å²) in [5.74, 6) is -0.228. The van der Waals surface area contributed by atoms with E-state index in [0.29, 0.717) is 6.42 Å². The average Bonchev–Trinajstić information content (AvgIpc) is 2.20. The number of hydrogen-bond donors (Lipinski definition) is 1. The number of thioether (sulfide) groups is 1. The van der Waals surface area contributed by atoms with Crippen LogP contribution in [0.25, 0.3) is 0 Å². The summed E-state index contributed by atoms with van der Waals surface area (Å²) in [6.45, 7) is 2.04. The fourth-order valence-electron chi connectivity index (χ4n) is 1.62. The van der Waals surface area contributed by atoms with Crippen molar-refractivity contribution in [3.05, 3.63) is 24.0 Å². The smallest absolute Gasteiger partial charge is 0.124 e. The summed E-state index contributed by atoms with van der Waals surface area (Å²) in [4.78, 5) is 0.897. The van der Waals surface area contributed by atoms with Crippen molar-refractivity contribution in [3.8, 4) is 6.07 Å². The van der Waals surface area contributed by atoms with Crippen molar-refractivity contribution >= 4 is 17.4 Å². The Morgan fingerprint density at radius 2 is 2.40 bits per heavy atom. The zero-order chi connectivity index (χ0) is 10.8. The molecule has 78 valence electrons. The van der Waals surface area contributed by atoms with Crippen LogP contribution in [0, 0.1) is 17.1 Å². The third-order valence-corrected chi connectivity index (χ3v) is 3.92. The number of hydrogen-bond acceptors (Lipinski definition) is 3. The van der Waals surface area contributed by atoms with E-state index >= 15 is 0 Å². The Labute approximate surface area is 92.5 Å². The third kappa shape index (κ3) is 2.07. The number of rotatable bonds is 1. The van der Waals surface area contributed by atoms with E-state index in [4.69, 9.17) is 5.26 Å². The summed E-state index contributed by atoms with van der Waals surface area (Å²) in [7, 11) is 0. The summed E-state index contributed by atoms with van der Waals surface area (Å²) < 4.78 is 13.0. The van der Waals surface area contributed by atoms with E-state index in [2.05, 4.69) is 11.4 Å². The van der Waals surface area contributed by atoms with Crippen molar-refractivity contribution in [1.82, 2.24) is 0 Å². The Balaban J connectivity index is 2.27. The second-order valence-corrected chi connectivity index (χ2v) is 4.87. The molecule has 1 aliphatic heterocycles. The highest BCUT2D eigenvalue weighted by Crippen LogP contribution is 2.39. The highest BCUT2D eigenvalue weighted by molar-refractivity contribution is 8.00. The average molecular weight is 222 g/mol. The summed E-state index contributed by atoms with van der Waals surface area (Å²) in [6, 6.07) is 7.11. The molecule has 0 bridgehead atoms. The third-order valence-electron chi connectivity index (χ3n) is 2.46. The van der Waals surface area contributed by atoms with Gasteiger partial charge in [0, 0.05) is 28.3 Å². The van der Waals surface area contributed by atoms with Gasteiger partial charge in [0.1, 0.15) is 5.82 Å². The van der Waals surface area contributed by atoms with Crippen LogP contribution < -0.4 is 5.32 Å². The van der Waals surface area contributed by atoms with Crippen molar-refractivity contribution in [2.75, 3.05) is 5.32 Å². The molecule has 1 aromatic carbocycles. The molecule has 1 N–H and O–H groups in total. The van der Waals surface area contributed by atoms with Gasteiger partial charge < -0.3 is 5.32 Å². The van der Waals surface area contributed by atoms with Gasteiger partial charge in [-0.25, -0.2) is 4.39 Å². The quantitative estimate of drug-likeness (QED) is 0.793. The molecule has 0 saturated heterocycles. The predicted molar refractivity (Wildman–Crippen MR) is 59.4 cm³/mol. The first-order chi connectivity index (χ1) is 7.20. The van der Waals surface area contributed by atoms with Crippen LogP contribution in [0.15, 0.2) is 23.1 Å². The summed E-state index contributed by atoms with van der Waals surface area (Å²) in [5.41, 5.74) is 0.961. The van der Waals surface area contributed by atoms with E-state index in [9.17, 15) is 4.39 Å². The molecule has 1 heterocycles. The zero-order valence-electron chi connectivity index (χ0n) is 8.33. The van der Waals surface area contributed by atoms with E-state index in [0.717, 1.165) is 10.6 Å². The van der Waals surface area contributed by atoms with Gasteiger partial charge in [0.2, 0.25) is 0 Å². The molecule has 0 aromatic heterocycles.